The van der Waals surface area contributed by atoms with E-state index >= 15 is 0 Å². The van der Waals surface area contributed by atoms with Crippen LogP contribution in [0.15, 0.2) is 59.5 Å². The molecule has 30 heavy (non-hydrogen) atoms. The number of benzene rings is 2. The summed E-state index contributed by atoms with van der Waals surface area (Å²) in [6.45, 7) is 3.95. The second-order valence-corrected chi connectivity index (χ2v) is 10.2. The van der Waals surface area contributed by atoms with E-state index in [2.05, 4.69) is 0 Å². The van der Waals surface area contributed by atoms with Crippen molar-refractivity contribution < 1.29 is 13.5 Å². The highest BCUT2D eigenvalue weighted by Crippen LogP contribution is 2.23. The maximum atomic E-state index is 13.3. The van der Waals surface area contributed by atoms with Crippen molar-refractivity contribution in [3.8, 4) is 0 Å². The minimum absolute atomic E-state index is 0.165. The first-order valence-corrected chi connectivity index (χ1v) is 11.8. The van der Waals surface area contributed by atoms with Crippen LogP contribution >= 0.6 is 11.6 Å². The predicted molar refractivity (Wildman–Crippen MR) is 125 cm³/mol. The summed E-state index contributed by atoms with van der Waals surface area (Å²) in [5.41, 5.74) is 2.07. The lowest BCUT2D eigenvalue weighted by Crippen LogP contribution is -2.43. The van der Waals surface area contributed by atoms with E-state index in [1.807, 2.05) is 69.3 Å². The number of hydrogen-bond donors (Lipinski definition) is 1. The van der Waals surface area contributed by atoms with Crippen LogP contribution in [0, 0.1) is 5.92 Å². The number of rotatable bonds is 10. The molecule has 5 nitrogen and oxygen atoms in total. The minimum atomic E-state index is -3.79. The van der Waals surface area contributed by atoms with Gasteiger partial charge in [-0.05, 0) is 54.3 Å². The molecule has 0 radical (unpaired) electrons. The summed E-state index contributed by atoms with van der Waals surface area (Å²) in [5, 5.41) is 10.4. The number of aliphatic hydroxyl groups is 1. The molecule has 0 saturated heterocycles. The number of anilines is 1. The van der Waals surface area contributed by atoms with Gasteiger partial charge in [-0.2, -0.15) is 4.31 Å². The number of aliphatic hydroxyl groups excluding tert-OH is 1. The molecule has 1 atom stereocenters. The lowest BCUT2D eigenvalue weighted by Gasteiger charge is -2.30. The Kier molecular flexibility index (Phi) is 8.92. The quantitative estimate of drug-likeness (QED) is 0.578. The smallest absolute Gasteiger partial charge is 0.243 e. The fraction of sp³-hybridized carbons (Fsp3) is 0.391. The maximum Gasteiger partial charge on any atom is 0.243 e. The summed E-state index contributed by atoms with van der Waals surface area (Å²) in [5.74, 6) is 0.243. The fourth-order valence-electron chi connectivity index (χ4n) is 3.19. The van der Waals surface area contributed by atoms with Gasteiger partial charge >= 0.3 is 0 Å². The van der Waals surface area contributed by atoms with Gasteiger partial charge in [0.25, 0.3) is 0 Å². The third-order valence-electron chi connectivity index (χ3n) is 4.79. The van der Waals surface area contributed by atoms with E-state index in [-0.39, 0.29) is 24.0 Å². The Bertz CT molecular complexity index is 924. The Hall–Kier alpha value is -1.86. The maximum absolute atomic E-state index is 13.3. The number of nitrogens with zero attached hydrogens (tertiary/aromatic N) is 2. The standard InChI is InChI=1S/C23H31ClN2O3S/c1-18(2)16-22(17-27)26(30(28,29)23-13-9-20(24)10-14-23)15-5-6-19-7-11-21(12-8-19)25(3)4/h5-14,18,22,27H,15-17H2,1-4H3/b6-5+/t22-/m1/s1. The number of halogens is 1. The Balaban J connectivity index is 2.30. The van der Waals surface area contributed by atoms with Crippen LogP contribution in [0.25, 0.3) is 6.08 Å². The number of sulfonamides is 1. The first-order valence-electron chi connectivity index (χ1n) is 9.97. The van der Waals surface area contributed by atoms with Gasteiger partial charge in [-0.15, -0.1) is 0 Å². The molecule has 1 N–H and O–H groups in total. The van der Waals surface area contributed by atoms with Crippen LogP contribution < -0.4 is 4.90 Å². The summed E-state index contributed by atoms with van der Waals surface area (Å²) >= 11 is 5.92. The lowest BCUT2D eigenvalue weighted by molar-refractivity contribution is 0.175. The Labute approximate surface area is 185 Å². The summed E-state index contributed by atoms with van der Waals surface area (Å²) in [6.07, 6.45) is 4.28. The van der Waals surface area contributed by atoms with Crippen LogP contribution in [-0.2, 0) is 10.0 Å². The van der Waals surface area contributed by atoms with E-state index in [0.717, 1.165) is 11.3 Å². The average Bonchev–Trinajstić information content (AvgIpc) is 2.70. The van der Waals surface area contributed by atoms with Gasteiger partial charge < -0.3 is 10.0 Å². The molecule has 0 aliphatic heterocycles. The molecule has 0 saturated carbocycles. The normalized spacial score (nSPS) is 13.3. The van der Waals surface area contributed by atoms with Gasteiger partial charge in [-0.1, -0.05) is 49.7 Å². The molecule has 164 valence electrons. The predicted octanol–water partition coefficient (Wildman–Crippen LogP) is 4.52. The first kappa shape index (κ1) is 24.4. The highest BCUT2D eigenvalue weighted by atomic mass is 35.5. The molecule has 0 amide bonds. The topological polar surface area (TPSA) is 60.9 Å². The van der Waals surface area contributed by atoms with Gasteiger partial charge in [0.2, 0.25) is 10.0 Å². The molecular formula is C23H31ClN2O3S. The third-order valence-corrected chi connectivity index (χ3v) is 6.97. The lowest BCUT2D eigenvalue weighted by atomic mass is 10.0. The minimum Gasteiger partial charge on any atom is -0.395 e. The van der Waals surface area contributed by atoms with Crippen molar-refractivity contribution in [3.63, 3.8) is 0 Å². The zero-order valence-electron chi connectivity index (χ0n) is 18.0. The molecule has 2 aromatic carbocycles. The molecule has 0 heterocycles. The highest BCUT2D eigenvalue weighted by molar-refractivity contribution is 7.89. The molecule has 0 unspecified atom stereocenters. The van der Waals surface area contributed by atoms with Gasteiger partial charge in [0.15, 0.2) is 0 Å². The van der Waals surface area contributed by atoms with Gasteiger partial charge in [-0.25, -0.2) is 8.42 Å². The van der Waals surface area contributed by atoms with Gasteiger partial charge in [0.1, 0.15) is 0 Å². The van der Waals surface area contributed by atoms with Crippen LogP contribution in [0.4, 0.5) is 5.69 Å². The molecule has 0 aliphatic rings. The van der Waals surface area contributed by atoms with Crippen LogP contribution in [-0.4, -0.2) is 51.1 Å². The van der Waals surface area contributed by atoms with Crippen molar-refractivity contribution in [2.24, 2.45) is 5.92 Å². The van der Waals surface area contributed by atoms with Crippen molar-refractivity contribution in [2.75, 3.05) is 32.1 Å². The number of hydrogen-bond acceptors (Lipinski definition) is 4. The fourth-order valence-corrected chi connectivity index (χ4v) is 4.89. The van der Waals surface area contributed by atoms with Crippen molar-refractivity contribution in [2.45, 2.75) is 31.2 Å². The molecule has 0 aliphatic carbocycles. The average molecular weight is 451 g/mol. The van der Waals surface area contributed by atoms with Gasteiger partial charge in [0.05, 0.1) is 11.5 Å². The Morgan fingerprint density at radius 2 is 1.63 bits per heavy atom. The van der Waals surface area contributed by atoms with Crippen molar-refractivity contribution in [1.82, 2.24) is 4.31 Å². The molecular weight excluding hydrogens is 420 g/mol. The molecule has 0 fully saturated rings. The molecule has 0 bridgehead atoms. The van der Waals surface area contributed by atoms with E-state index in [9.17, 15) is 13.5 Å². The van der Waals surface area contributed by atoms with E-state index in [1.165, 1.54) is 16.4 Å². The van der Waals surface area contributed by atoms with Crippen molar-refractivity contribution in [3.05, 3.63) is 65.2 Å². The highest BCUT2D eigenvalue weighted by Gasteiger charge is 2.30. The molecule has 2 aromatic rings. The van der Waals surface area contributed by atoms with E-state index in [1.54, 1.807) is 12.1 Å². The first-order chi connectivity index (χ1) is 14.1. The summed E-state index contributed by atoms with van der Waals surface area (Å²) in [7, 11) is 0.170. The van der Waals surface area contributed by atoms with Crippen LogP contribution in [0.1, 0.15) is 25.8 Å². The zero-order chi connectivity index (χ0) is 22.3. The zero-order valence-corrected chi connectivity index (χ0v) is 19.6. The monoisotopic (exact) mass is 450 g/mol. The van der Waals surface area contributed by atoms with Crippen LogP contribution in [0.3, 0.4) is 0 Å². The van der Waals surface area contributed by atoms with Gasteiger partial charge in [-0.3, -0.25) is 0 Å². The Morgan fingerprint density at radius 3 is 2.13 bits per heavy atom. The summed E-state index contributed by atoms with van der Waals surface area (Å²) < 4.78 is 28.0. The molecule has 7 heteroatoms. The summed E-state index contributed by atoms with van der Waals surface area (Å²) in [6, 6.07) is 13.6. The van der Waals surface area contributed by atoms with E-state index < -0.39 is 16.1 Å². The second-order valence-electron chi connectivity index (χ2n) is 7.88. The largest absolute Gasteiger partial charge is 0.395 e. The molecule has 2 rings (SSSR count). The van der Waals surface area contributed by atoms with Gasteiger partial charge in [0, 0.05) is 37.4 Å². The second kappa shape index (κ2) is 11.0. The Morgan fingerprint density at radius 1 is 1.03 bits per heavy atom. The van der Waals surface area contributed by atoms with Crippen LogP contribution in [0.5, 0.6) is 0 Å². The SMILES string of the molecule is CC(C)C[C@H](CO)N(C/C=C/c1ccc(N(C)C)cc1)S(=O)(=O)c1ccc(Cl)cc1. The molecule has 0 aromatic heterocycles. The third kappa shape index (κ3) is 6.57. The van der Waals surface area contributed by atoms with E-state index in [0.29, 0.717) is 11.4 Å². The van der Waals surface area contributed by atoms with Crippen molar-refractivity contribution >= 4 is 33.4 Å². The summed E-state index contributed by atoms with van der Waals surface area (Å²) in [4.78, 5) is 2.18. The van der Waals surface area contributed by atoms with E-state index in [4.69, 9.17) is 11.6 Å². The van der Waals surface area contributed by atoms with Crippen LogP contribution in [0.2, 0.25) is 5.02 Å². The molecule has 0 spiro atoms. The van der Waals surface area contributed by atoms with Crippen molar-refractivity contribution in [1.29, 1.82) is 0 Å².